The lowest BCUT2D eigenvalue weighted by molar-refractivity contribution is 0.0209. The van der Waals surface area contributed by atoms with Crippen LogP contribution in [0, 0.1) is 11.8 Å². The van der Waals surface area contributed by atoms with Crippen LogP contribution in [0.5, 0.6) is 11.5 Å². The highest BCUT2D eigenvalue weighted by Crippen LogP contribution is 2.36. The first kappa shape index (κ1) is 18.6. The zero-order valence-electron chi connectivity index (χ0n) is 16.0. The van der Waals surface area contributed by atoms with Gasteiger partial charge in [0.15, 0.2) is 0 Å². The molecule has 3 aliphatic rings. The molecule has 4 atom stereocenters. The van der Waals surface area contributed by atoms with Crippen molar-refractivity contribution in [3.05, 3.63) is 67.3 Å². The van der Waals surface area contributed by atoms with Crippen LogP contribution in [-0.4, -0.2) is 36.6 Å². The Kier molecular flexibility index (Phi) is 5.63. The number of benzene rings is 2. The van der Waals surface area contributed by atoms with E-state index in [0.717, 1.165) is 42.6 Å². The molecule has 2 bridgehead atoms. The van der Waals surface area contributed by atoms with E-state index in [4.69, 9.17) is 4.74 Å². The highest BCUT2D eigenvalue weighted by molar-refractivity contribution is 5.89. The van der Waals surface area contributed by atoms with Crippen LogP contribution in [0.4, 0.5) is 10.5 Å². The predicted octanol–water partition coefficient (Wildman–Crippen LogP) is 4.50. The normalized spacial score (nSPS) is 25.7. The van der Waals surface area contributed by atoms with Gasteiger partial charge in [0.25, 0.3) is 0 Å². The number of carbonyl (C=O) groups is 1. The van der Waals surface area contributed by atoms with Crippen molar-refractivity contribution in [2.24, 2.45) is 11.8 Å². The fraction of sp³-hybridized carbons (Fsp3) is 0.348. The molecular formula is C23H27N3O2. The third-order valence-electron chi connectivity index (χ3n) is 5.82. The largest absolute Gasteiger partial charge is 0.457 e. The van der Waals surface area contributed by atoms with E-state index in [0.29, 0.717) is 18.5 Å². The van der Waals surface area contributed by atoms with Crippen LogP contribution < -0.4 is 15.4 Å². The summed E-state index contributed by atoms with van der Waals surface area (Å²) in [4.78, 5) is 14.8. The van der Waals surface area contributed by atoms with Crippen molar-refractivity contribution in [1.82, 2.24) is 10.2 Å². The van der Waals surface area contributed by atoms with Gasteiger partial charge in [0.1, 0.15) is 11.5 Å². The lowest BCUT2D eigenvalue weighted by atomic mass is 9.75. The van der Waals surface area contributed by atoms with Gasteiger partial charge in [0.05, 0.1) is 0 Å². The molecule has 0 saturated carbocycles. The fourth-order valence-corrected chi connectivity index (χ4v) is 4.28. The van der Waals surface area contributed by atoms with Crippen molar-refractivity contribution >= 4 is 11.7 Å². The molecule has 3 fully saturated rings. The van der Waals surface area contributed by atoms with Crippen molar-refractivity contribution in [3.63, 3.8) is 0 Å². The first-order chi connectivity index (χ1) is 13.7. The van der Waals surface area contributed by atoms with E-state index in [9.17, 15) is 4.79 Å². The molecule has 1 unspecified atom stereocenters. The summed E-state index contributed by atoms with van der Waals surface area (Å²) in [6.07, 6.45) is 4.48. The Hall–Kier alpha value is -2.79. The molecule has 0 aromatic heterocycles. The summed E-state index contributed by atoms with van der Waals surface area (Å²) in [5.74, 6) is 2.85. The molecular weight excluding hydrogens is 350 g/mol. The van der Waals surface area contributed by atoms with Gasteiger partial charge in [0.2, 0.25) is 0 Å². The van der Waals surface area contributed by atoms with Crippen molar-refractivity contribution in [2.45, 2.75) is 18.9 Å². The topological polar surface area (TPSA) is 53.6 Å². The zero-order valence-corrected chi connectivity index (χ0v) is 16.0. The van der Waals surface area contributed by atoms with Crippen molar-refractivity contribution < 1.29 is 9.53 Å². The molecule has 2 N–H and O–H groups in total. The number of nitrogens with one attached hydrogen (secondary N) is 2. The van der Waals surface area contributed by atoms with Gasteiger partial charge in [-0.25, -0.2) is 4.79 Å². The molecule has 0 spiro atoms. The van der Waals surface area contributed by atoms with Crippen LogP contribution in [0.3, 0.4) is 0 Å². The lowest BCUT2D eigenvalue weighted by Gasteiger charge is -2.49. The molecule has 2 aromatic carbocycles. The molecule has 3 heterocycles. The Morgan fingerprint density at radius 3 is 2.57 bits per heavy atom. The first-order valence-electron chi connectivity index (χ1n) is 9.95. The Morgan fingerprint density at radius 2 is 1.89 bits per heavy atom. The van der Waals surface area contributed by atoms with Crippen molar-refractivity contribution in [3.8, 4) is 11.5 Å². The minimum Gasteiger partial charge on any atom is -0.457 e. The highest BCUT2D eigenvalue weighted by atomic mass is 16.5. The molecule has 0 radical (unpaired) electrons. The SMILES string of the molecule is C=C[C@@H]1CN2CC[C@H]1C[C@@H]2CNC(=O)Nc1ccc(Oc2ccccc2)cc1. The van der Waals surface area contributed by atoms with E-state index in [1.54, 1.807) is 0 Å². The smallest absolute Gasteiger partial charge is 0.319 e. The Bertz CT molecular complexity index is 806. The van der Waals surface area contributed by atoms with E-state index >= 15 is 0 Å². The van der Waals surface area contributed by atoms with Crippen LogP contribution >= 0.6 is 0 Å². The quantitative estimate of drug-likeness (QED) is 0.729. The first-order valence-corrected chi connectivity index (χ1v) is 9.95. The van der Waals surface area contributed by atoms with E-state index in [-0.39, 0.29) is 6.03 Å². The number of hydrogen-bond donors (Lipinski definition) is 2. The number of nitrogens with zero attached hydrogens (tertiary/aromatic N) is 1. The number of urea groups is 1. The lowest BCUT2D eigenvalue weighted by Crippen LogP contribution is -2.56. The molecule has 3 saturated heterocycles. The summed E-state index contributed by atoms with van der Waals surface area (Å²) in [5.41, 5.74) is 0.745. The highest BCUT2D eigenvalue weighted by Gasteiger charge is 2.38. The van der Waals surface area contributed by atoms with Crippen molar-refractivity contribution in [1.29, 1.82) is 0 Å². The summed E-state index contributed by atoms with van der Waals surface area (Å²) in [5, 5.41) is 5.92. The maximum absolute atomic E-state index is 12.3. The van der Waals surface area contributed by atoms with Gasteiger partial charge in [-0.15, -0.1) is 6.58 Å². The van der Waals surface area contributed by atoms with Crippen molar-refractivity contribution in [2.75, 3.05) is 25.0 Å². The minimum absolute atomic E-state index is 0.167. The van der Waals surface area contributed by atoms with Gasteiger partial charge in [-0.05, 0) is 67.6 Å². The second kappa shape index (κ2) is 8.48. The molecule has 5 nitrogen and oxygen atoms in total. The number of hydrogen-bond acceptors (Lipinski definition) is 3. The molecule has 5 rings (SSSR count). The Labute approximate surface area is 166 Å². The van der Waals surface area contributed by atoms with Crippen LogP contribution in [0.25, 0.3) is 0 Å². The van der Waals surface area contributed by atoms with Crippen LogP contribution in [0.2, 0.25) is 0 Å². The van der Waals surface area contributed by atoms with E-state index in [1.165, 1.54) is 6.42 Å². The summed E-state index contributed by atoms with van der Waals surface area (Å²) >= 11 is 0. The van der Waals surface area contributed by atoms with Gasteiger partial charge in [-0.3, -0.25) is 4.90 Å². The maximum Gasteiger partial charge on any atom is 0.319 e. The summed E-state index contributed by atoms with van der Waals surface area (Å²) in [6, 6.07) is 17.3. The standard InChI is InChI=1S/C23H27N3O2/c1-2-17-16-26-13-12-18(17)14-20(26)15-24-23(27)25-19-8-10-22(11-9-19)28-21-6-4-3-5-7-21/h2-11,17-18,20H,1,12-16H2,(H2,24,25,27)/t17-,18+,20-/m1/s1. The number of carbonyl (C=O) groups excluding carboxylic acids is 1. The molecule has 146 valence electrons. The number of para-hydroxylation sites is 1. The zero-order chi connectivity index (χ0) is 19.3. The van der Waals surface area contributed by atoms with Gasteiger partial charge in [-0.1, -0.05) is 24.3 Å². The summed E-state index contributed by atoms with van der Waals surface area (Å²) in [7, 11) is 0. The molecule has 0 aliphatic carbocycles. The van der Waals surface area contributed by atoms with E-state index in [2.05, 4.69) is 28.2 Å². The molecule has 2 amide bonds. The second-order valence-corrected chi connectivity index (χ2v) is 7.61. The summed E-state index contributed by atoms with van der Waals surface area (Å²) in [6.45, 7) is 6.85. The molecule has 28 heavy (non-hydrogen) atoms. The average molecular weight is 377 g/mol. The van der Waals surface area contributed by atoms with Crippen LogP contribution in [0.1, 0.15) is 12.8 Å². The maximum atomic E-state index is 12.3. The van der Waals surface area contributed by atoms with Gasteiger partial charge in [-0.2, -0.15) is 0 Å². The third kappa shape index (κ3) is 4.37. The van der Waals surface area contributed by atoms with Gasteiger partial charge < -0.3 is 15.4 Å². The Balaban J connectivity index is 1.25. The third-order valence-corrected chi connectivity index (χ3v) is 5.82. The van der Waals surface area contributed by atoms with Crippen LogP contribution in [-0.2, 0) is 0 Å². The van der Waals surface area contributed by atoms with Gasteiger partial charge in [0, 0.05) is 24.8 Å². The van der Waals surface area contributed by atoms with Crippen LogP contribution in [0.15, 0.2) is 67.3 Å². The van der Waals surface area contributed by atoms with E-state index < -0.39 is 0 Å². The summed E-state index contributed by atoms with van der Waals surface area (Å²) < 4.78 is 5.77. The second-order valence-electron chi connectivity index (χ2n) is 7.61. The molecule has 5 heteroatoms. The predicted molar refractivity (Wildman–Crippen MR) is 112 cm³/mol. The monoisotopic (exact) mass is 377 g/mol. The average Bonchev–Trinajstić information content (AvgIpc) is 2.75. The number of anilines is 1. The number of fused-ring (bicyclic) bond motifs is 3. The Morgan fingerprint density at radius 1 is 1.14 bits per heavy atom. The molecule has 2 aromatic rings. The number of amides is 2. The minimum atomic E-state index is -0.167. The van der Waals surface area contributed by atoms with Gasteiger partial charge >= 0.3 is 6.03 Å². The number of ether oxygens (including phenoxy) is 1. The number of piperidine rings is 3. The fourth-order valence-electron chi connectivity index (χ4n) is 4.28. The van der Waals surface area contributed by atoms with E-state index in [1.807, 2.05) is 54.6 Å². The number of rotatable bonds is 6. The molecule has 3 aliphatic heterocycles.